The molecule has 0 saturated carbocycles. The van der Waals surface area contributed by atoms with Gasteiger partial charge in [-0.3, -0.25) is 0 Å². The molecule has 0 amide bonds. The average molecular weight is 285 g/mol. The molecule has 5 heteroatoms. The molecule has 1 saturated heterocycles. The van der Waals surface area contributed by atoms with Gasteiger partial charge in [-0.2, -0.15) is 0 Å². The molecule has 1 atom stereocenters. The lowest BCUT2D eigenvalue weighted by atomic mass is 9.99. The number of hydrogen-bond donors (Lipinski definition) is 1. The van der Waals surface area contributed by atoms with E-state index < -0.39 is 17.7 Å². The Labute approximate surface area is 118 Å². The molecular weight excluding hydrogens is 264 g/mol. The van der Waals surface area contributed by atoms with Gasteiger partial charge in [0, 0.05) is 24.7 Å². The van der Waals surface area contributed by atoms with E-state index in [1.54, 1.807) is 0 Å². The lowest BCUT2D eigenvalue weighted by Gasteiger charge is -2.31. The van der Waals surface area contributed by atoms with Crippen molar-refractivity contribution in [3.63, 3.8) is 0 Å². The highest BCUT2D eigenvalue weighted by atomic mass is 19.1. The Morgan fingerprint density at radius 1 is 1.25 bits per heavy atom. The normalized spacial score (nSPS) is 19.0. The van der Waals surface area contributed by atoms with Crippen molar-refractivity contribution >= 4 is 0 Å². The van der Waals surface area contributed by atoms with Gasteiger partial charge in [0.25, 0.3) is 0 Å². The van der Waals surface area contributed by atoms with Crippen LogP contribution in [-0.4, -0.2) is 42.4 Å². The molecule has 1 unspecified atom stereocenters. The summed E-state index contributed by atoms with van der Waals surface area (Å²) in [6.45, 7) is 4.76. The number of benzene rings is 1. The van der Waals surface area contributed by atoms with Gasteiger partial charge in [-0.1, -0.05) is 6.92 Å². The van der Waals surface area contributed by atoms with Crippen LogP contribution in [-0.2, 0) is 0 Å². The van der Waals surface area contributed by atoms with Crippen LogP contribution in [0.15, 0.2) is 18.2 Å². The second kappa shape index (κ2) is 6.99. The Kier molecular flexibility index (Phi) is 5.31. The first-order valence-electron chi connectivity index (χ1n) is 7.02. The van der Waals surface area contributed by atoms with Gasteiger partial charge in [0.2, 0.25) is 0 Å². The van der Waals surface area contributed by atoms with Gasteiger partial charge in [-0.05, 0) is 31.8 Å². The minimum Gasteiger partial charge on any atom is -0.491 e. The Morgan fingerprint density at radius 3 is 2.45 bits per heavy atom. The van der Waals surface area contributed by atoms with Gasteiger partial charge in [0.1, 0.15) is 30.1 Å². The highest BCUT2D eigenvalue weighted by molar-refractivity contribution is 5.23. The number of halogens is 2. The van der Waals surface area contributed by atoms with Crippen LogP contribution in [0.2, 0.25) is 0 Å². The number of β-amino-alcohol motifs (C(OH)–C–C–N with tert-alkyl or cyclic N) is 1. The average Bonchev–Trinajstić information content (AvgIpc) is 2.38. The standard InChI is InChI=1S/C15H21F2NO2/c1-11-2-4-18(5-3-11)9-14(19)10-20-15-7-12(16)6-13(17)8-15/h6-8,11,14,19H,2-5,9-10H2,1H3. The number of aliphatic hydroxyl groups excluding tert-OH is 1. The maximum absolute atomic E-state index is 13.0. The van der Waals surface area contributed by atoms with Gasteiger partial charge < -0.3 is 14.7 Å². The highest BCUT2D eigenvalue weighted by Gasteiger charge is 2.18. The molecule has 0 bridgehead atoms. The summed E-state index contributed by atoms with van der Waals surface area (Å²) in [5.74, 6) is -0.511. The van der Waals surface area contributed by atoms with E-state index in [0.717, 1.165) is 50.0 Å². The molecule has 0 radical (unpaired) electrons. The van der Waals surface area contributed by atoms with E-state index in [2.05, 4.69) is 11.8 Å². The molecule has 0 aromatic heterocycles. The largest absolute Gasteiger partial charge is 0.491 e. The van der Waals surface area contributed by atoms with Gasteiger partial charge >= 0.3 is 0 Å². The van der Waals surface area contributed by atoms with Gasteiger partial charge in [0.05, 0.1) is 0 Å². The maximum Gasteiger partial charge on any atom is 0.129 e. The lowest BCUT2D eigenvalue weighted by molar-refractivity contribution is 0.0561. The van der Waals surface area contributed by atoms with Crippen molar-refractivity contribution in [3.05, 3.63) is 29.8 Å². The number of piperidine rings is 1. The SMILES string of the molecule is CC1CCN(CC(O)COc2cc(F)cc(F)c2)CC1. The Hall–Kier alpha value is -1.20. The summed E-state index contributed by atoms with van der Waals surface area (Å²) < 4.78 is 31.2. The number of ether oxygens (including phenoxy) is 1. The molecule has 1 heterocycles. The van der Waals surface area contributed by atoms with E-state index in [9.17, 15) is 13.9 Å². The number of likely N-dealkylation sites (tertiary alicyclic amines) is 1. The van der Waals surface area contributed by atoms with E-state index >= 15 is 0 Å². The Balaban J connectivity index is 1.75. The fourth-order valence-electron chi connectivity index (χ4n) is 2.40. The second-order valence-electron chi connectivity index (χ2n) is 5.55. The number of hydrogen-bond acceptors (Lipinski definition) is 3. The van der Waals surface area contributed by atoms with E-state index in [1.807, 2.05) is 0 Å². The zero-order valence-electron chi connectivity index (χ0n) is 11.7. The summed E-state index contributed by atoms with van der Waals surface area (Å²) in [5.41, 5.74) is 0. The first-order chi connectivity index (χ1) is 9.52. The monoisotopic (exact) mass is 285 g/mol. The van der Waals surface area contributed by atoms with Crippen LogP contribution in [0.4, 0.5) is 8.78 Å². The Bertz CT molecular complexity index is 414. The molecule has 0 spiro atoms. The smallest absolute Gasteiger partial charge is 0.129 e. The second-order valence-corrected chi connectivity index (χ2v) is 5.55. The van der Waals surface area contributed by atoms with Gasteiger partial charge in [-0.25, -0.2) is 8.78 Å². The predicted octanol–water partition coefficient (Wildman–Crippen LogP) is 2.44. The van der Waals surface area contributed by atoms with Gasteiger partial charge in [0.15, 0.2) is 0 Å². The molecule has 0 aliphatic carbocycles. The quantitative estimate of drug-likeness (QED) is 0.902. The summed E-state index contributed by atoms with van der Waals surface area (Å²) in [6.07, 6.45) is 1.63. The molecule has 1 aliphatic heterocycles. The fourth-order valence-corrected chi connectivity index (χ4v) is 2.40. The molecule has 1 aromatic rings. The predicted molar refractivity (Wildman–Crippen MR) is 72.7 cm³/mol. The molecule has 1 aromatic carbocycles. The van der Waals surface area contributed by atoms with Crippen LogP contribution in [0.25, 0.3) is 0 Å². The summed E-state index contributed by atoms with van der Waals surface area (Å²) in [4.78, 5) is 2.19. The molecule has 20 heavy (non-hydrogen) atoms. The molecule has 3 nitrogen and oxygen atoms in total. The van der Waals surface area contributed by atoms with E-state index in [4.69, 9.17) is 4.74 Å². The molecule has 112 valence electrons. The van der Waals surface area contributed by atoms with Crippen molar-refractivity contribution in [2.24, 2.45) is 5.92 Å². The van der Waals surface area contributed by atoms with E-state index in [0.29, 0.717) is 6.54 Å². The van der Waals surface area contributed by atoms with Crippen molar-refractivity contribution in [2.75, 3.05) is 26.2 Å². The van der Waals surface area contributed by atoms with Crippen molar-refractivity contribution in [3.8, 4) is 5.75 Å². The molecule has 1 fully saturated rings. The van der Waals surface area contributed by atoms with Crippen LogP contribution >= 0.6 is 0 Å². The maximum atomic E-state index is 13.0. The summed E-state index contributed by atoms with van der Waals surface area (Å²) >= 11 is 0. The Morgan fingerprint density at radius 2 is 1.85 bits per heavy atom. The minimum absolute atomic E-state index is 0.0367. The third kappa shape index (κ3) is 4.72. The van der Waals surface area contributed by atoms with Crippen LogP contribution in [0.3, 0.4) is 0 Å². The summed E-state index contributed by atoms with van der Waals surface area (Å²) in [6, 6.07) is 3.01. The zero-order valence-corrected chi connectivity index (χ0v) is 11.7. The van der Waals surface area contributed by atoms with Crippen molar-refractivity contribution in [1.82, 2.24) is 4.90 Å². The molecular formula is C15H21F2NO2. The number of nitrogens with zero attached hydrogens (tertiary/aromatic N) is 1. The van der Waals surface area contributed by atoms with Crippen LogP contribution in [0.1, 0.15) is 19.8 Å². The fraction of sp³-hybridized carbons (Fsp3) is 0.600. The third-order valence-corrected chi connectivity index (χ3v) is 3.62. The highest BCUT2D eigenvalue weighted by Crippen LogP contribution is 2.17. The lowest BCUT2D eigenvalue weighted by Crippen LogP contribution is -2.40. The first kappa shape index (κ1) is 15.2. The van der Waals surface area contributed by atoms with Crippen LogP contribution < -0.4 is 4.74 Å². The minimum atomic E-state index is -0.681. The molecule has 2 rings (SSSR count). The summed E-state index contributed by atoms with van der Waals surface area (Å²) in [5, 5.41) is 9.91. The van der Waals surface area contributed by atoms with Crippen LogP contribution in [0.5, 0.6) is 5.75 Å². The number of rotatable bonds is 5. The van der Waals surface area contributed by atoms with Crippen molar-refractivity contribution in [1.29, 1.82) is 0 Å². The third-order valence-electron chi connectivity index (χ3n) is 3.62. The first-order valence-corrected chi connectivity index (χ1v) is 7.02. The van der Waals surface area contributed by atoms with Crippen LogP contribution in [0, 0.1) is 17.6 Å². The molecule has 1 aliphatic rings. The van der Waals surface area contributed by atoms with Crippen molar-refractivity contribution < 1.29 is 18.6 Å². The topological polar surface area (TPSA) is 32.7 Å². The molecule has 1 N–H and O–H groups in total. The van der Waals surface area contributed by atoms with Crippen molar-refractivity contribution in [2.45, 2.75) is 25.9 Å². The van der Waals surface area contributed by atoms with Gasteiger partial charge in [-0.15, -0.1) is 0 Å². The van der Waals surface area contributed by atoms with E-state index in [-0.39, 0.29) is 12.4 Å². The van der Waals surface area contributed by atoms with E-state index in [1.165, 1.54) is 0 Å². The summed E-state index contributed by atoms with van der Waals surface area (Å²) in [7, 11) is 0. The zero-order chi connectivity index (χ0) is 14.5. The number of aliphatic hydroxyl groups is 1.